The van der Waals surface area contributed by atoms with E-state index in [9.17, 15) is 27.6 Å². The molecule has 0 atom stereocenters. The molecule has 2 aromatic carbocycles. The Kier molecular flexibility index (Phi) is 5.62. The Morgan fingerprint density at radius 2 is 1.73 bits per heavy atom. The summed E-state index contributed by atoms with van der Waals surface area (Å²) in [5.41, 5.74) is -1.97. The van der Waals surface area contributed by atoms with Crippen LogP contribution in [-0.2, 0) is 10.9 Å². The number of hydrogen-bond acceptors (Lipinski definition) is 5. The van der Waals surface area contributed by atoms with E-state index in [2.05, 4.69) is 10.4 Å². The fraction of sp³-hybridized carbons (Fsp3) is 0.182. The minimum Gasteiger partial charge on any atom is -0.447 e. The SMILES string of the molecule is Cc1cc(=O)c(C(=O)Nc2ccccc2N2CCOC2=O)nn1-c1ccccc1C(F)(F)F. The Hall–Kier alpha value is -4.15. The molecule has 2 heterocycles. The monoisotopic (exact) mass is 458 g/mol. The van der Waals surface area contributed by atoms with Gasteiger partial charge in [0.05, 0.1) is 29.2 Å². The first kappa shape index (κ1) is 22.1. The average molecular weight is 458 g/mol. The Morgan fingerprint density at radius 3 is 2.39 bits per heavy atom. The summed E-state index contributed by atoms with van der Waals surface area (Å²) in [6.45, 7) is 1.87. The highest BCUT2D eigenvalue weighted by molar-refractivity contribution is 6.06. The van der Waals surface area contributed by atoms with Crippen LogP contribution in [0.25, 0.3) is 5.69 Å². The predicted octanol–water partition coefficient (Wildman–Crippen LogP) is 3.77. The van der Waals surface area contributed by atoms with E-state index in [4.69, 9.17) is 4.74 Å². The number of nitrogens with zero attached hydrogens (tertiary/aromatic N) is 3. The normalized spacial score (nSPS) is 13.7. The smallest absolute Gasteiger partial charge is 0.418 e. The molecule has 1 aliphatic heterocycles. The highest BCUT2D eigenvalue weighted by Crippen LogP contribution is 2.33. The maximum atomic E-state index is 13.5. The second kappa shape index (κ2) is 8.41. The van der Waals surface area contributed by atoms with Gasteiger partial charge in [-0.3, -0.25) is 14.5 Å². The van der Waals surface area contributed by atoms with E-state index < -0.39 is 34.9 Å². The minimum absolute atomic E-state index is 0.119. The fourth-order valence-electron chi connectivity index (χ4n) is 3.46. The molecule has 170 valence electrons. The average Bonchev–Trinajstić information content (AvgIpc) is 3.19. The second-order valence-electron chi connectivity index (χ2n) is 7.16. The molecule has 1 fully saturated rings. The number of benzene rings is 2. The number of halogens is 3. The van der Waals surface area contributed by atoms with Gasteiger partial charge in [0, 0.05) is 11.8 Å². The highest BCUT2D eigenvalue weighted by atomic mass is 19.4. The largest absolute Gasteiger partial charge is 0.447 e. The molecule has 11 heteroatoms. The number of carbonyl (C=O) groups is 2. The molecule has 8 nitrogen and oxygen atoms in total. The van der Waals surface area contributed by atoms with Crippen LogP contribution >= 0.6 is 0 Å². The van der Waals surface area contributed by atoms with E-state index in [1.165, 1.54) is 36.1 Å². The van der Waals surface area contributed by atoms with Gasteiger partial charge in [0.2, 0.25) is 5.43 Å². The molecule has 1 aromatic heterocycles. The molecule has 1 saturated heterocycles. The predicted molar refractivity (Wildman–Crippen MR) is 113 cm³/mol. The summed E-state index contributed by atoms with van der Waals surface area (Å²) in [5.74, 6) is -0.932. The van der Waals surface area contributed by atoms with Crippen LogP contribution in [0.4, 0.5) is 29.3 Å². The molecule has 0 unspecified atom stereocenters. The summed E-state index contributed by atoms with van der Waals surface area (Å²) in [4.78, 5) is 38.6. The number of amides is 2. The third kappa shape index (κ3) is 4.29. The van der Waals surface area contributed by atoms with Gasteiger partial charge in [-0.15, -0.1) is 0 Å². The summed E-state index contributed by atoms with van der Waals surface area (Å²) in [6.07, 6.45) is -5.25. The maximum Gasteiger partial charge on any atom is 0.418 e. The zero-order valence-corrected chi connectivity index (χ0v) is 17.2. The first-order valence-corrected chi connectivity index (χ1v) is 9.79. The summed E-state index contributed by atoms with van der Waals surface area (Å²) < 4.78 is 46.3. The van der Waals surface area contributed by atoms with Gasteiger partial charge in [-0.05, 0) is 31.2 Å². The van der Waals surface area contributed by atoms with E-state index in [0.29, 0.717) is 5.69 Å². The first-order valence-electron chi connectivity index (χ1n) is 9.79. The lowest BCUT2D eigenvalue weighted by Gasteiger charge is -2.18. The van der Waals surface area contributed by atoms with Gasteiger partial charge < -0.3 is 10.1 Å². The van der Waals surface area contributed by atoms with Crippen LogP contribution in [0.15, 0.2) is 59.4 Å². The van der Waals surface area contributed by atoms with E-state index in [0.717, 1.165) is 16.8 Å². The number of hydrogen-bond donors (Lipinski definition) is 1. The van der Waals surface area contributed by atoms with Crippen molar-refractivity contribution >= 4 is 23.4 Å². The first-order chi connectivity index (χ1) is 15.7. The number of cyclic esters (lactones) is 1. The summed E-state index contributed by atoms with van der Waals surface area (Å²) in [5, 5.41) is 6.46. The number of anilines is 2. The molecule has 3 aromatic rings. The lowest BCUT2D eigenvalue weighted by molar-refractivity contribution is -0.137. The number of nitrogens with one attached hydrogen (secondary N) is 1. The Bertz CT molecular complexity index is 1300. The molecule has 0 bridgehead atoms. The Morgan fingerprint density at radius 1 is 1.06 bits per heavy atom. The number of aromatic nitrogens is 2. The summed E-state index contributed by atoms with van der Waals surface area (Å²) in [7, 11) is 0. The van der Waals surface area contributed by atoms with Gasteiger partial charge in [0.15, 0.2) is 5.69 Å². The van der Waals surface area contributed by atoms with Gasteiger partial charge in [0.25, 0.3) is 5.91 Å². The molecule has 0 spiro atoms. The van der Waals surface area contributed by atoms with Crippen LogP contribution in [0.5, 0.6) is 0 Å². The highest BCUT2D eigenvalue weighted by Gasteiger charge is 2.34. The van der Waals surface area contributed by atoms with Crippen molar-refractivity contribution in [3.8, 4) is 5.69 Å². The van der Waals surface area contributed by atoms with Crippen molar-refractivity contribution in [2.45, 2.75) is 13.1 Å². The number of aryl methyl sites for hydroxylation is 1. The fourth-order valence-corrected chi connectivity index (χ4v) is 3.46. The molecular formula is C22H17F3N4O4. The molecule has 0 saturated carbocycles. The molecule has 33 heavy (non-hydrogen) atoms. The van der Waals surface area contributed by atoms with E-state index in [1.54, 1.807) is 18.2 Å². The number of ether oxygens (including phenoxy) is 1. The lowest BCUT2D eigenvalue weighted by Crippen LogP contribution is -2.29. The minimum atomic E-state index is -4.67. The van der Waals surface area contributed by atoms with Crippen LogP contribution < -0.4 is 15.6 Å². The van der Waals surface area contributed by atoms with E-state index in [1.807, 2.05) is 0 Å². The maximum absolute atomic E-state index is 13.5. The third-order valence-corrected chi connectivity index (χ3v) is 4.96. The van der Waals surface area contributed by atoms with Crippen molar-refractivity contribution in [2.75, 3.05) is 23.4 Å². The molecule has 1 aliphatic rings. The lowest BCUT2D eigenvalue weighted by atomic mass is 10.1. The van der Waals surface area contributed by atoms with Crippen LogP contribution in [0.3, 0.4) is 0 Å². The number of para-hydroxylation sites is 3. The van der Waals surface area contributed by atoms with Crippen molar-refractivity contribution in [3.63, 3.8) is 0 Å². The number of alkyl halides is 3. The van der Waals surface area contributed by atoms with E-state index in [-0.39, 0.29) is 30.2 Å². The summed E-state index contributed by atoms with van der Waals surface area (Å²) in [6, 6.07) is 12.1. The summed E-state index contributed by atoms with van der Waals surface area (Å²) >= 11 is 0. The zero-order valence-electron chi connectivity index (χ0n) is 17.2. The van der Waals surface area contributed by atoms with Crippen molar-refractivity contribution in [1.29, 1.82) is 0 Å². The van der Waals surface area contributed by atoms with E-state index >= 15 is 0 Å². The van der Waals surface area contributed by atoms with Crippen molar-refractivity contribution in [2.24, 2.45) is 0 Å². The number of carbonyl (C=O) groups excluding carboxylic acids is 2. The van der Waals surface area contributed by atoms with Crippen LogP contribution in [0.1, 0.15) is 21.7 Å². The topological polar surface area (TPSA) is 93.5 Å². The molecule has 0 radical (unpaired) electrons. The Labute approximate surface area is 185 Å². The molecule has 0 aliphatic carbocycles. The van der Waals surface area contributed by atoms with Crippen molar-refractivity contribution in [1.82, 2.24) is 9.78 Å². The molecule has 2 amide bonds. The second-order valence-corrected chi connectivity index (χ2v) is 7.16. The van der Waals surface area contributed by atoms with Gasteiger partial charge in [-0.1, -0.05) is 24.3 Å². The standard InChI is InChI=1S/C22H17F3N4O4/c1-13-12-18(30)19(27-29(13)16-8-4-2-6-14(16)22(23,24)25)20(31)26-15-7-3-5-9-17(15)28-10-11-33-21(28)32/h2-9,12H,10-11H2,1H3,(H,26,31). The Balaban J connectivity index is 1.73. The van der Waals surface area contributed by atoms with Crippen LogP contribution in [-0.4, -0.2) is 34.9 Å². The number of rotatable bonds is 4. The van der Waals surface area contributed by atoms with Crippen LogP contribution in [0, 0.1) is 6.92 Å². The van der Waals surface area contributed by atoms with Gasteiger partial charge in [0.1, 0.15) is 6.61 Å². The molecular weight excluding hydrogens is 441 g/mol. The third-order valence-electron chi connectivity index (χ3n) is 4.96. The quantitative estimate of drug-likeness (QED) is 0.643. The molecule has 4 rings (SSSR count). The van der Waals surface area contributed by atoms with Gasteiger partial charge in [-0.25, -0.2) is 9.48 Å². The van der Waals surface area contributed by atoms with Crippen LogP contribution in [0.2, 0.25) is 0 Å². The zero-order chi connectivity index (χ0) is 23.8. The van der Waals surface area contributed by atoms with Gasteiger partial charge >= 0.3 is 12.3 Å². The molecule has 1 N–H and O–H groups in total. The van der Waals surface area contributed by atoms with Crippen molar-refractivity contribution < 1.29 is 27.5 Å². The van der Waals surface area contributed by atoms with Crippen molar-refractivity contribution in [3.05, 3.63) is 81.8 Å². The van der Waals surface area contributed by atoms with Gasteiger partial charge in [-0.2, -0.15) is 18.3 Å².